The van der Waals surface area contributed by atoms with Crippen molar-refractivity contribution in [3.05, 3.63) is 27.7 Å². The highest BCUT2D eigenvalue weighted by Crippen LogP contribution is 2.31. The van der Waals surface area contributed by atoms with Crippen LogP contribution in [0.4, 0.5) is 26.3 Å². The first-order valence-electron chi connectivity index (χ1n) is 4.19. The van der Waals surface area contributed by atoms with Gasteiger partial charge in [-0.15, -0.1) is 24.8 Å². The zero-order valence-electron chi connectivity index (χ0n) is 8.25. The molecule has 1 aromatic rings. The van der Waals surface area contributed by atoms with Crippen LogP contribution >= 0.6 is 11.6 Å². The number of hydrogen-bond acceptors (Lipinski definition) is 2. The van der Waals surface area contributed by atoms with E-state index in [0.29, 0.717) is 6.20 Å². The molecule has 0 aliphatic rings. The van der Waals surface area contributed by atoms with Crippen molar-refractivity contribution in [2.24, 2.45) is 0 Å². The Morgan fingerprint density at radius 1 is 1.22 bits per heavy atom. The van der Waals surface area contributed by atoms with Gasteiger partial charge in [0.1, 0.15) is 5.56 Å². The zero-order valence-corrected chi connectivity index (χ0v) is 9.00. The first-order valence-corrected chi connectivity index (χ1v) is 4.73. The van der Waals surface area contributed by atoms with Crippen LogP contribution < -0.4 is 10.2 Å². The van der Waals surface area contributed by atoms with Crippen molar-refractivity contribution in [2.45, 2.75) is 18.4 Å². The lowest BCUT2D eigenvalue weighted by molar-refractivity contribution is -0.275. The predicted molar refractivity (Wildman–Crippen MR) is 48.3 cm³/mol. The minimum absolute atomic E-state index is 0.378. The lowest BCUT2D eigenvalue weighted by Gasteiger charge is -2.13. The fourth-order valence-corrected chi connectivity index (χ4v) is 1.37. The number of halogens is 7. The number of aromatic amines is 1. The van der Waals surface area contributed by atoms with Gasteiger partial charge in [0.15, 0.2) is 5.75 Å². The van der Waals surface area contributed by atoms with Gasteiger partial charge in [-0.1, -0.05) is 0 Å². The molecule has 0 amide bonds. The molecule has 0 aliphatic carbocycles. The summed E-state index contributed by atoms with van der Waals surface area (Å²) < 4.78 is 76.2. The third-order valence-electron chi connectivity index (χ3n) is 1.77. The second-order valence-corrected chi connectivity index (χ2v) is 3.28. The van der Waals surface area contributed by atoms with Gasteiger partial charge >= 0.3 is 12.5 Å². The number of alkyl halides is 7. The molecule has 10 heteroatoms. The summed E-state index contributed by atoms with van der Waals surface area (Å²) in [5, 5.41) is 0. The highest BCUT2D eigenvalue weighted by Gasteiger charge is 2.40. The molecule has 0 saturated carbocycles. The Balaban J connectivity index is 3.40. The first-order chi connectivity index (χ1) is 8.06. The minimum Gasteiger partial charge on any atom is -0.400 e. The van der Waals surface area contributed by atoms with Gasteiger partial charge in [0, 0.05) is 11.9 Å². The highest BCUT2D eigenvalue weighted by molar-refractivity contribution is 6.17. The summed E-state index contributed by atoms with van der Waals surface area (Å²) in [6.07, 6.45) is -10.0. The van der Waals surface area contributed by atoms with E-state index in [9.17, 15) is 31.1 Å². The fraction of sp³-hybridized carbons (Fsp3) is 0.375. The maximum Gasteiger partial charge on any atom is 0.573 e. The number of ether oxygens (including phenoxy) is 1. The monoisotopic (exact) mass is 295 g/mol. The van der Waals surface area contributed by atoms with E-state index < -0.39 is 40.9 Å². The maximum atomic E-state index is 12.5. The molecule has 102 valence electrons. The SMILES string of the molecule is O=c1c(OC(F)(F)F)c[nH]c(CCl)c1C(F)(F)F. The van der Waals surface area contributed by atoms with E-state index in [4.69, 9.17) is 11.6 Å². The fourth-order valence-electron chi connectivity index (χ4n) is 1.16. The molecule has 0 aromatic carbocycles. The summed E-state index contributed by atoms with van der Waals surface area (Å²) in [5.74, 6) is -2.21. The number of H-pyrrole nitrogens is 1. The molecule has 0 bridgehead atoms. The Hall–Kier alpha value is -1.38. The lowest BCUT2D eigenvalue weighted by atomic mass is 10.2. The van der Waals surface area contributed by atoms with Crippen molar-refractivity contribution in [1.82, 2.24) is 4.98 Å². The Labute approximate surface area is 100 Å². The zero-order chi connectivity index (χ0) is 14.1. The van der Waals surface area contributed by atoms with Gasteiger partial charge < -0.3 is 9.72 Å². The van der Waals surface area contributed by atoms with E-state index in [1.54, 1.807) is 0 Å². The quantitative estimate of drug-likeness (QED) is 0.673. The van der Waals surface area contributed by atoms with E-state index in [2.05, 4.69) is 4.74 Å². The van der Waals surface area contributed by atoms with Crippen LogP contribution in [0.25, 0.3) is 0 Å². The third kappa shape index (κ3) is 3.31. The number of nitrogens with one attached hydrogen (secondary N) is 1. The molecule has 3 nitrogen and oxygen atoms in total. The van der Waals surface area contributed by atoms with Crippen molar-refractivity contribution >= 4 is 11.6 Å². The number of pyridine rings is 1. The van der Waals surface area contributed by atoms with Crippen molar-refractivity contribution in [1.29, 1.82) is 0 Å². The average molecular weight is 296 g/mol. The van der Waals surface area contributed by atoms with Gasteiger partial charge in [-0.05, 0) is 0 Å². The van der Waals surface area contributed by atoms with Crippen LogP contribution in [0.15, 0.2) is 11.0 Å². The van der Waals surface area contributed by atoms with Gasteiger partial charge in [-0.2, -0.15) is 13.2 Å². The molecule has 0 fully saturated rings. The molecular weight excluding hydrogens is 292 g/mol. The molecule has 0 saturated heterocycles. The first kappa shape index (κ1) is 14.7. The van der Waals surface area contributed by atoms with Crippen LogP contribution in [0.3, 0.4) is 0 Å². The Kier molecular flexibility index (Phi) is 3.84. The molecule has 0 spiro atoms. The van der Waals surface area contributed by atoms with Crippen LogP contribution in [0, 0.1) is 0 Å². The number of hydrogen-bond donors (Lipinski definition) is 1. The van der Waals surface area contributed by atoms with Crippen molar-refractivity contribution in [2.75, 3.05) is 0 Å². The summed E-state index contributed by atoms with van der Waals surface area (Å²) in [5.41, 5.74) is -4.46. The number of aromatic nitrogens is 1. The standard InChI is InChI=1S/C8H4ClF6NO2/c9-1-3-5(7(10,11)12)6(17)4(2-16-3)18-8(13,14)15/h2H,1H2,(H,16,17). The Morgan fingerprint density at radius 3 is 2.17 bits per heavy atom. The second kappa shape index (κ2) is 4.71. The molecule has 0 radical (unpaired) electrons. The van der Waals surface area contributed by atoms with Gasteiger partial charge in [0.25, 0.3) is 0 Å². The molecule has 1 N–H and O–H groups in total. The van der Waals surface area contributed by atoms with Crippen molar-refractivity contribution in [3.63, 3.8) is 0 Å². The predicted octanol–water partition coefficient (Wildman–Crippen LogP) is 3.03. The smallest absolute Gasteiger partial charge is 0.400 e. The second-order valence-electron chi connectivity index (χ2n) is 3.01. The van der Waals surface area contributed by atoms with Crippen molar-refractivity contribution in [3.8, 4) is 5.75 Å². The van der Waals surface area contributed by atoms with Crippen LogP contribution in [0.1, 0.15) is 11.3 Å². The van der Waals surface area contributed by atoms with Crippen molar-refractivity contribution < 1.29 is 31.1 Å². The molecule has 0 aliphatic heterocycles. The summed E-state index contributed by atoms with van der Waals surface area (Å²) in [6.45, 7) is 0. The Morgan fingerprint density at radius 2 is 1.78 bits per heavy atom. The van der Waals surface area contributed by atoms with Crippen LogP contribution in [-0.4, -0.2) is 11.3 Å². The Bertz CT molecular complexity index is 492. The molecule has 18 heavy (non-hydrogen) atoms. The maximum absolute atomic E-state index is 12.5. The van der Waals surface area contributed by atoms with Gasteiger partial charge in [-0.3, -0.25) is 4.79 Å². The topological polar surface area (TPSA) is 42.1 Å². The summed E-state index contributed by atoms with van der Waals surface area (Å²) >= 11 is 5.16. The summed E-state index contributed by atoms with van der Waals surface area (Å²) in [6, 6.07) is 0. The molecular formula is C8H4ClF6NO2. The van der Waals surface area contributed by atoms with Crippen LogP contribution in [-0.2, 0) is 12.1 Å². The molecule has 1 aromatic heterocycles. The third-order valence-corrected chi connectivity index (χ3v) is 2.04. The molecule has 1 heterocycles. The molecule has 0 unspecified atom stereocenters. The van der Waals surface area contributed by atoms with E-state index in [1.807, 2.05) is 4.98 Å². The highest BCUT2D eigenvalue weighted by atomic mass is 35.5. The summed E-state index contributed by atoms with van der Waals surface area (Å²) in [7, 11) is 0. The van der Waals surface area contributed by atoms with E-state index >= 15 is 0 Å². The van der Waals surface area contributed by atoms with Gasteiger partial charge in [0.05, 0.1) is 5.88 Å². The van der Waals surface area contributed by atoms with E-state index in [1.165, 1.54) is 0 Å². The number of rotatable bonds is 2. The van der Waals surface area contributed by atoms with E-state index in [-0.39, 0.29) is 0 Å². The molecule has 1 rings (SSSR count). The minimum atomic E-state index is -5.27. The van der Waals surface area contributed by atoms with E-state index in [0.717, 1.165) is 0 Å². The van der Waals surface area contributed by atoms with Crippen LogP contribution in [0.2, 0.25) is 0 Å². The molecule has 0 atom stereocenters. The van der Waals surface area contributed by atoms with Crippen LogP contribution in [0.5, 0.6) is 5.75 Å². The summed E-state index contributed by atoms with van der Waals surface area (Å²) in [4.78, 5) is 13.1. The lowest BCUT2D eigenvalue weighted by Crippen LogP contribution is -2.28. The normalized spacial score (nSPS) is 12.6. The largest absolute Gasteiger partial charge is 0.573 e. The average Bonchev–Trinajstić information content (AvgIpc) is 2.16. The van der Waals surface area contributed by atoms with Gasteiger partial charge in [-0.25, -0.2) is 0 Å². The van der Waals surface area contributed by atoms with Gasteiger partial charge in [0.2, 0.25) is 5.43 Å².